The molecule has 0 saturated carbocycles. The summed E-state index contributed by atoms with van der Waals surface area (Å²) in [5.41, 5.74) is 2.22. The van der Waals surface area contributed by atoms with Crippen molar-refractivity contribution in [3.63, 3.8) is 0 Å². The van der Waals surface area contributed by atoms with Crippen molar-refractivity contribution in [2.24, 2.45) is 0 Å². The predicted molar refractivity (Wildman–Crippen MR) is 107 cm³/mol. The van der Waals surface area contributed by atoms with Crippen LogP contribution in [-0.4, -0.2) is 4.98 Å². The average Bonchev–Trinajstić information content (AvgIpc) is 3.18. The maximum atomic E-state index is 12.3. The summed E-state index contributed by atoms with van der Waals surface area (Å²) in [7, 11) is 0. The molecule has 4 aromatic rings. The summed E-state index contributed by atoms with van der Waals surface area (Å²) in [6.07, 6.45) is 1.61. The normalized spacial score (nSPS) is 11.3. The first-order chi connectivity index (χ1) is 13.2. The van der Waals surface area contributed by atoms with Gasteiger partial charge in [0.05, 0.1) is 11.3 Å². The van der Waals surface area contributed by atoms with E-state index in [2.05, 4.69) is 16.4 Å². The van der Waals surface area contributed by atoms with E-state index in [-0.39, 0.29) is 0 Å². The van der Waals surface area contributed by atoms with Crippen LogP contribution in [0.15, 0.2) is 81.5 Å². The fraction of sp³-hybridized carbons (Fsp3) is 0. The zero-order chi connectivity index (χ0) is 18.6. The van der Waals surface area contributed by atoms with E-state index in [1.54, 1.807) is 23.7 Å². The molecule has 2 aromatic heterocycles. The van der Waals surface area contributed by atoms with Crippen molar-refractivity contribution in [1.29, 1.82) is 5.26 Å². The summed E-state index contributed by atoms with van der Waals surface area (Å²) >= 11 is 1.30. The molecule has 2 heterocycles. The van der Waals surface area contributed by atoms with Gasteiger partial charge in [-0.2, -0.15) is 5.26 Å². The number of anilines is 1. The van der Waals surface area contributed by atoms with Crippen LogP contribution in [0.4, 0.5) is 5.69 Å². The van der Waals surface area contributed by atoms with E-state index in [1.165, 1.54) is 11.3 Å². The summed E-state index contributed by atoms with van der Waals surface area (Å²) in [6, 6.07) is 20.8. The highest BCUT2D eigenvalue weighted by atomic mass is 32.1. The highest BCUT2D eigenvalue weighted by Crippen LogP contribution is 2.26. The maximum absolute atomic E-state index is 12.3. The van der Waals surface area contributed by atoms with Gasteiger partial charge in [0.15, 0.2) is 0 Å². The number of hydrogen-bond acceptors (Lipinski definition) is 6. The zero-order valence-electron chi connectivity index (χ0n) is 14.0. The standard InChI is InChI=1S/C21H13N3O2S/c22-11-15(12-23-16-7-2-1-3-8-16)20-24-18(13-27-20)17-10-14-6-4-5-9-19(14)26-21(17)25/h1-10,12-13,23H. The van der Waals surface area contributed by atoms with E-state index in [1.807, 2.05) is 48.5 Å². The van der Waals surface area contributed by atoms with Gasteiger partial charge in [-0.25, -0.2) is 9.78 Å². The van der Waals surface area contributed by atoms with E-state index in [4.69, 9.17) is 4.42 Å². The van der Waals surface area contributed by atoms with Gasteiger partial charge in [0, 0.05) is 22.7 Å². The SMILES string of the molecule is N#CC(=CNc1ccccc1)c1nc(-c2cc3ccccc3oc2=O)cs1. The van der Waals surface area contributed by atoms with Crippen LogP contribution in [0.25, 0.3) is 27.8 Å². The average molecular weight is 371 g/mol. The van der Waals surface area contributed by atoms with Crippen LogP contribution in [0.1, 0.15) is 5.01 Å². The second-order valence-electron chi connectivity index (χ2n) is 5.70. The van der Waals surface area contributed by atoms with E-state index in [0.29, 0.717) is 27.4 Å². The first kappa shape index (κ1) is 16.8. The number of benzene rings is 2. The molecule has 130 valence electrons. The van der Waals surface area contributed by atoms with Crippen molar-refractivity contribution < 1.29 is 4.42 Å². The molecule has 0 saturated heterocycles. The molecule has 27 heavy (non-hydrogen) atoms. The van der Waals surface area contributed by atoms with Crippen LogP contribution in [0.2, 0.25) is 0 Å². The van der Waals surface area contributed by atoms with Crippen molar-refractivity contribution in [1.82, 2.24) is 4.98 Å². The predicted octanol–water partition coefficient (Wildman–Crippen LogP) is 4.89. The molecule has 0 spiro atoms. The van der Waals surface area contributed by atoms with Crippen LogP contribution in [-0.2, 0) is 0 Å². The zero-order valence-corrected chi connectivity index (χ0v) is 14.9. The summed E-state index contributed by atoms with van der Waals surface area (Å²) in [6.45, 7) is 0. The van der Waals surface area contributed by atoms with Gasteiger partial charge in [0.25, 0.3) is 0 Å². The largest absolute Gasteiger partial charge is 0.422 e. The molecule has 2 aromatic carbocycles. The molecule has 0 amide bonds. The van der Waals surface area contributed by atoms with Crippen molar-refractivity contribution in [3.8, 4) is 17.3 Å². The third-order valence-corrected chi connectivity index (χ3v) is 4.80. The number of aromatic nitrogens is 1. The molecular formula is C21H13N3O2S. The molecule has 1 N–H and O–H groups in total. The fourth-order valence-electron chi connectivity index (χ4n) is 2.59. The first-order valence-electron chi connectivity index (χ1n) is 8.15. The number of nitriles is 1. The van der Waals surface area contributed by atoms with Crippen LogP contribution in [0.3, 0.4) is 0 Å². The minimum Gasteiger partial charge on any atom is -0.422 e. The van der Waals surface area contributed by atoms with Gasteiger partial charge < -0.3 is 9.73 Å². The Hall–Kier alpha value is -3.69. The molecule has 5 nitrogen and oxygen atoms in total. The molecule has 0 radical (unpaired) electrons. The van der Waals surface area contributed by atoms with Gasteiger partial charge in [0.1, 0.15) is 22.2 Å². The fourth-order valence-corrected chi connectivity index (χ4v) is 3.38. The molecule has 0 fully saturated rings. The molecule has 0 aliphatic carbocycles. The Balaban J connectivity index is 1.67. The van der Waals surface area contributed by atoms with Crippen molar-refractivity contribution >= 4 is 33.6 Å². The van der Waals surface area contributed by atoms with Crippen molar-refractivity contribution in [3.05, 3.63) is 87.7 Å². The lowest BCUT2D eigenvalue weighted by atomic mass is 10.1. The molecule has 6 heteroatoms. The maximum Gasteiger partial charge on any atom is 0.345 e. The van der Waals surface area contributed by atoms with Gasteiger partial charge in [-0.3, -0.25) is 0 Å². The van der Waals surface area contributed by atoms with Crippen LogP contribution >= 0.6 is 11.3 Å². The number of thiazole rings is 1. The lowest BCUT2D eigenvalue weighted by Gasteiger charge is -2.00. The molecule has 4 rings (SSSR count). The Kier molecular flexibility index (Phi) is 4.52. The van der Waals surface area contributed by atoms with E-state index in [9.17, 15) is 10.1 Å². The Morgan fingerprint density at radius 2 is 1.93 bits per heavy atom. The summed E-state index contributed by atoms with van der Waals surface area (Å²) in [4.78, 5) is 16.8. The summed E-state index contributed by atoms with van der Waals surface area (Å²) in [5.74, 6) is 0. The van der Waals surface area contributed by atoms with Gasteiger partial charge in [-0.05, 0) is 24.3 Å². The topological polar surface area (TPSA) is 78.9 Å². The number of rotatable bonds is 4. The lowest BCUT2D eigenvalue weighted by Crippen LogP contribution is -2.02. The van der Waals surface area contributed by atoms with Gasteiger partial charge in [-0.15, -0.1) is 11.3 Å². The molecular weight excluding hydrogens is 358 g/mol. The smallest absolute Gasteiger partial charge is 0.345 e. The van der Waals surface area contributed by atoms with Gasteiger partial charge in [-0.1, -0.05) is 36.4 Å². The Morgan fingerprint density at radius 3 is 2.74 bits per heavy atom. The van der Waals surface area contributed by atoms with Crippen molar-refractivity contribution in [2.75, 3.05) is 5.32 Å². The monoisotopic (exact) mass is 371 g/mol. The molecule has 0 unspecified atom stereocenters. The second kappa shape index (κ2) is 7.28. The third-order valence-electron chi connectivity index (χ3n) is 3.93. The first-order valence-corrected chi connectivity index (χ1v) is 9.03. The number of hydrogen-bond donors (Lipinski definition) is 1. The van der Waals surface area contributed by atoms with E-state index in [0.717, 1.165) is 11.1 Å². The quantitative estimate of drug-likeness (QED) is 0.408. The number of para-hydroxylation sites is 2. The second-order valence-corrected chi connectivity index (χ2v) is 6.56. The number of nitrogens with one attached hydrogen (secondary N) is 1. The molecule has 0 aliphatic rings. The van der Waals surface area contributed by atoms with Gasteiger partial charge >= 0.3 is 5.63 Å². The lowest BCUT2D eigenvalue weighted by molar-refractivity contribution is 0.563. The highest BCUT2D eigenvalue weighted by Gasteiger charge is 2.13. The minimum absolute atomic E-state index is 0.379. The molecule has 0 bridgehead atoms. The van der Waals surface area contributed by atoms with E-state index < -0.39 is 5.63 Å². The van der Waals surface area contributed by atoms with Crippen LogP contribution < -0.4 is 10.9 Å². The van der Waals surface area contributed by atoms with Crippen LogP contribution in [0.5, 0.6) is 0 Å². The Bertz CT molecular complexity index is 1230. The van der Waals surface area contributed by atoms with Crippen LogP contribution in [0, 0.1) is 11.3 Å². The number of fused-ring (bicyclic) bond motifs is 1. The molecule has 0 atom stereocenters. The minimum atomic E-state index is -0.449. The highest BCUT2D eigenvalue weighted by molar-refractivity contribution is 7.11. The van der Waals surface area contributed by atoms with E-state index >= 15 is 0 Å². The third kappa shape index (κ3) is 3.50. The van der Waals surface area contributed by atoms with Gasteiger partial charge in [0.2, 0.25) is 0 Å². The summed E-state index contributed by atoms with van der Waals surface area (Å²) in [5, 5.41) is 15.6. The summed E-state index contributed by atoms with van der Waals surface area (Å²) < 4.78 is 5.37. The van der Waals surface area contributed by atoms with Crippen molar-refractivity contribution in [2.45, 2.75) is 0 Å². The number of nitrogens with zero attached hydrogens (tertiary/aromatic N) is 2. The molecule has 0 aliphatic heterocycles. The Labute approximate surface area is 158 Å². The Morgan fingerprint density at radius 1 is 1.15 bits per heavy atom. The number of allylic oxidation sites excluding steroid dienone is 1.